The van der Waals surface area contributed by atoms with Crippen LogP contribution in [0.2, 0.25) is 0 Å². The smallest absolute Gasteiger partial charge is 0.255 e. The minimum atomic E-state index is -1.91. The van der Waals surface area contributed by atoms with Crippen molar-refractivity contribution in [3.8, 4) is 17.2 Å². The summed E-state index contributed by atoms with van der Waals surface area (Å²) in [6.45, 7) is 0. The van der Waals surface area contributed by atoms with Crippen molar-refractivity contribution in [2.24, 2.45) is 0 Å². The molecule has 3 N–H and O–H groups in total. The molecule has 0 bridgehead atoms. The van der Waals surface area contributed by atoms with Crippen molar-refractivity contribution in [3.63, 3.8) is 0 Å². The maximum atomic E-state index is 11.7. The molecule has 0 spiro atoms. The Hall–Kier alpha value is -6.59. The van der Waals surface area contributed by atoms with Crippen molar-refractivity contribution >= 4 is 51.8 Å². The van der Waals surface area contributed by atoms with Crippen molar-refractivity contribution in [3.05, 3.63) is 230 Å². The molecule has 276 valence electrons. The van der Waals surface area contributed by atoms with E-state index in [-0.39, 0.29) is 28.7 Å². The summed E-state index contributed by atoms with van der Waals surface area (Å²) in [5.74, 6) is -0.108. The maximum absolute atomic E-state index is 11.7. The summed E-state index contributed by atoms with van der Waals surface area (Å²) in [6.07, 6.45) is 0. The summed E-state index contributed by atoms with van der Waals surface area (Å²) in [5, 5.41) is 37.8. The molecule has 0 heterocycles. The molecule has 0 aliphatic heterocycles. The molecule has 1 amide bonds. The molecule has 0 aromatic heterocycles. The molecule has 0 aliphatic rings. The number of hydrogen-bond donors (Lipinski definition) is 3. The van der Waals surface area contributed by atoms with Crippen LogP contribution in [0.15, 0.2) is 234 Å². The molecular weight excluding hydrogens is 730 g/mol. The van der Waals surface area contributed by atoms with Gasteiger partial charge < -0.3 is 20.6 Å². The van der Waals surface area contributed by atoms with Crippen molar-refractivity contribution in [1.82, 2.24) is 0 Å². The van der Waals surface area contributed by atoms with Crippen LogP contribution < -0.4 is 31.6 Å². The van der Waals surface area contributed by atoms with Crippen LogP contribution in [-0.2, 0) is 0 Å². The average Bonchev–Trinajstić information content (AvgIpc) is 3.25. The van der Waals surface area contributed by atoms with E-state index in [0.29, 0.717) is 5.69 Å². The minimum absolute atomic E-state index is 0.159. The third-order valence-electron chi connectivity index (χ3n) is 8.65. The zero-order valence-electron chi connectivity index (χ0n) is 30.4. The summed E-state index contributed by atoms with van der Waals surface area (Å²) in [5.41, 5.74) is 0.835. The second-order valence-electron chi connectivity index (χ2n) is 12.4. The number of amides is 1. The summed E-state index contributed by atoms with van der Waals surface area (Å²) >= 11 is 1.58. The van der Waals surface area contributed by atoms with Gasteiger partial charge in [0.15, 0.2) is 0 Å². The zero-order valence-corrected chi connectivity index (χ0v) is 32.1. The van der Waals surface area contributed by atoms with Gasteiger partial charge in [-0.3, -0.25) is 4.79 Å². The Kier molecular flexibility index (Phi) is 13.7. The van der Waals surface area contributed by atoms with Gasteiger partial charge in [0, 0.05) is 21.0 Å². The van der Waals surface area contributed by atoms with E-state index >= 15 is 0 Å². The van der Waals surface area contributed by atoms with E-state index in [0.717, 1.165) is 9.79 Å². The molecule has 0 radical (unpaired) electrons. The number of nitrogens with one attached hydrogen (secondary N) is 1. The van der Waals surface area contributed by atoms with Gasteiger partial charge in [0.2, 0.25) is 0 Å². The highest BCUT2D eigenvalue weighted by Crippen LogP contribution is 2.54. The number of benzene rings is 8. The number of aromatic hydroxyl groups is 2. The van der Waals surface area contributed by atoms with Gasteiger partial charge >= 0.3 is 0 Å². The van der Waals surface area contributed by atoms with E-state index in [9.17, 15) is 9.90 Å². The van der Waals surface area contributed by atoms with Gasteiger partial charge in [-0.05, 0) is 109 Å². The van der Waals surface area contributed by atoms with E-state index in [1.807, 2.05) is 42.5 Å². The van der Waals surface area contributed by atoms with Gasteiger partial charge in [-0.25, -0.2) is 0 Å². The van der Waals surface area contributed by atoms with Crippen LogP contribution in [0.25, 0.3) is 0 Å². The topological polar surface area (TPSA) is 92.6 Å². The lowest BCUT2D eigenvalue weighted by Crippen LogP contribution is -2.38. The number of carbonyl (C=O) groups excluding carboxylic acids is 1. The molecule has 8 aromatic carbocycles. The third-order valence-corrected chi connectivity index (χ3v) is 14.0. The standard InChI is InChI=1S/C24H20P.C13H11NO2.C12H10O2S/c1-5-13-21(14-6-1)25(22-15-7-2-8-16-22,23-17-9-3-10-18-23)24-19-11-4-12-20-24;15-12-9-5-4-8-11(12)13(16)14-10-6-2-1-3-7-10;13-9-1-5-11(6-2-9)15-12-7-3-10(14)4-8-12/h1-20H;1-9,15H,(H,14,16);1-8,13-14H/q+1;;/p-1. The fourth-order valence-corrected chi connectivity index (χ4v) is 11.1. The van der Waals surface area contributed by atoms with Crippen LogP contribution in [0.1, 0.15) is 10.4 Å². The lowest BCUT2D eigenvalue weighted by molar-refractivity contribution is -0.268. The van der Waals surface area contributed by atoms with Crippen molar-refractivity contribution in [1.29, 1.82) is 0 Å². The Morgan fingerprint density at radius 2 is 0.750 bits per heavy atom. The number of carbonyl (C=O) groups is 1. The number of hydrogen-bond acceptors (Lipinski definition) is 5. The SMILES string of the molecule is O=C(Nc1ccccc1)c1ccccc1[O-].Oc1ccc(Sc2ccc(O)cc2)cc1.c1ccc([P+](c2ccccc2)(c2ccccc2)c2ccccc2)cc1. The van der Waals surface area contributed by atoms with Gasteiger partial charge in [-0.1, -0.05) is 133 Å². The normalized spacial score (nSPS) is 10.5. The minimum Gasteiger partial charge on any atom is -0.872 e. The van der Waals surface area contributed by atoms with Crippen molar-refractivity contribution in [2.75, 3.05) is 5.32 Å². The molecule has 0 aliphatic carbocycles. The first-order valence-electron chi connectivity index (χ1n) is 17.9. The van der Waals surface area contributed by atoms with Gasteiger partial charge in [0.1, 0.15) is 40.0 Å². The largest absolute Gasteiger partial charge is 0.872 e. The Labute approximate surface area is 333 Å². The Morgan fingerprint density at radius 3 is 1.11 bits per heavy atom. The number of phenolic OH excluding ortho intramolecular Hbond substituents is 2. The lowest BCUT2D eigenvalue weighted by Gasteiger charge is -2.27. The Morgan fingerprint density at radius 1 is 0.429 bits per heavy atom. The maximum Gasteiger partial charge on any atom is 0.255 e. The fraction of sp³-hybridized carbons (Fsp3) is 0. The highest BCUT2D eigenvalue weighted by Gasteiger charge is 2.47. The first kappa shape index (κ1) is 39.1. The van der Waals surface area contributed by atoms with E-state index in [1.54, 1.807) is 60.3 Å². The first-order chi connectivity index (χ1) is 27.4. The molecular formula is C49H40NO4PS. The number of rotatable bonds is 8. The molecule has 5 nitrogen and oxygen atoms in total. The molecule has 7 heteroatoms. The van der Waals surface area contributed by atoms with Gasteiger partial charge in [-0.2, -0.15) is 0 Å². The van der Waals surface area contributed by atoms with Crippen LogP contribution in [-0.4, -0.2) is 16.1 Å². The van der Waals surface area contributed by atoms with Crippen molar-refractivity contribution < 1.29 is 20.1 Å². The molecule has 0 unspecified atom stereocenters. The predicted octanol–water partition coefficient (Wildman–Crippen LogP) is 9.57. The average molecular weight is 770 g/mol. The van der Waals surface area contributed by atoms with Crippen LogP contribution >= 0.6 is 19.0 Å². The monoisotopic (exact) mass is 769 g/mol. The van der Waals surface area contributed by atoms with E-state index in [4.69, 9.17) is 10.2 Å². The first-order valence-corrected chi connectivity index (χ1v) is 20.5. The Balaban J connectivity index is 0.000000150. The molecule has 56 heavy (non-hydrogen) atoms. The molecule has 0 fully saturated rings. The predicted molar refractivity (Wildman–Crippen MR) is 232 cm³/mol. The quantitative estimate of drug-likeness (QED) is 0.134. The molecule has 0 saturated heterocycles. The summed E-state index contributed by atoms with van der Waals surface area (Å²) < 4.78 is 0. The van der Waals surface area contributed by atoms with E-state index < -0.39 is 7.26 Å². The fourth-order valence-electron chi connectivity index (χ4n) is 6.04. The van der Waals surface area contributed by atoms with Gasteiger partial charge in [-0.15, -0.1) is 0 Å². The molecule has 0 atom stereocenters. The summed E-state index contributed by atoms with van der Waals surface area (Å²) in [6, 6.07) is 73.1. The van der Waals surface area contributed by atoms with Gasteiger partial charge in [0.05, 0.1) is 0 Å². The number of phenols is 2. The number of para-hydroxylation sites is 2. The molecule has 8 rings (SSSR count). The molecule has 8 aromatic rings. The second-order valence-corrected chi connectivity index (χ2v) is 17.0. The van der Waals surface area contributed by atoms with Gasteiger partial charge in [0.25, 0.3) is 5.91 Å². The second kappa shape index (κ2) is 19.7. The lowest BCUT2D eigenvalue weighted by atomic mass is 10.2. The van der Waals surface area contributed by atoms with Crippen LogP contribution in [0.5, 0.6) is 17.2 Å². The van der Waals surface area contributed by atoms with Crippen molar-refractivity contribution in [2.45, 2.75) is 9.79 Å². The highest BCUT2D eigenvalue weighted by molar-refractivity contribution is 8.01. The van der Waals surface area contributed by atoms with Crippen LogP contribution in [0, 0.1) is 0 Å². The summed E-state index contributed by atoms with van der Waals surface area (Å²) in [4.78, 5) is 13.8. The third kappa shape index (κ3) is 10.1. The summed E-state index contributed by atoms with van der Waals surface area (Å²) in [7, 11) is -1.91. The highest BCUT2D eigenvalue weighted by atomic mass is 32.2. The van der Waals surface area contributed by atoms with E-state index in [1.165, 1.54) is 33.4 Å². The van der Waals surface area contributed by atoms with Crippen LogP contribution in [0.3, 0.4) is 0 Å². The van der Waals surface area contributed by atoms with E-state index in [2.05, 4.69) is 127 Å². The van der Waals surface area contributed by atoms with Crippen LogP contribution in [0.4, 0.5) is 5.69 Å². The Bertz CT molecular complexity index is 2180. The number of anilines is 1. The molecule has 0 saturated carbocycles. The zero-order chi connectivity index (χ0) is 39.0.